The number of para-hydroxylation sites is 2. The number of hydrogen-bond acceptors (Lipinski definition) is 5. The monoisotopic (exact) mass is 476 g/mol. The number of nitrogens with one attached hydrogen (secondary N) is 1. The normalized spacial score (nSPS) is 20.2. The molecule has 3 aliphatic rings. The fourth-order valence-electron chi connectivity index (χ4n) is 6.01. The van der Waals surface area contributed by atoms with Gasteiger partial charge in [-0.15, -0.1) is 0 Å². The van der Waals surface area contributed by atoms with E-state index in [0.29, 0.717) is 48.8 Å². The van der Waals surface area contributed by atoms with Gasteiger partial charge in [-0.25, -0.2) is 0 Å². The fourth-order valence-corrected chi connectivity index (χ4v) is 6.01. The van der Waals surface area contributed by atoms with Crippen molar-refractivity contribution in [1.29, 1.82) is 0 Å². The van der Waals surface area contributed by atoms with E-state index in [-0.39, 0.29) is 17.7 Å². The zero-order chi connectivity index (χ0) is 24.6. The van der Waals surface area contributed by atoms with Gasteiger partial charge in [0.2, 0.25) is 17.7 Å². The number of primary amides is 1. The number of carbonyl (C=O) groups is 3. The van der Waals surface area contributed by atoms with Crippen LogP contribution in [0.5, 0.6) is 0 Å². The molecule has 8 heteroatoms. The predicted molar refractivity (Wildman–Crippen MR) is 134 cm³/mol. The van der Waals surface area contributed by atoms with E-state index < -0.39 is 17.2 Å². The van der Waals surface area contributed by atoms with Crippen LogP contribution in [0.15, 0.2) is 42.5 Å². The molecule has 1 spiro atoms. The van der Waals surface area contributed by atoms with Gasteiger partial charge in [0.1, 0.15) is 5.92 Å². The van der Waals surface area contributed by atoms with E-state index in [1.807, 2.05) is 12.1 Å². The number of nitrogen functional groups attached to an aromatic ring is 1. The van der Waals surface area contributed by atoms with E-state index in [9.17, 15) is 14.4 Å². The molecular weight excluding hydrogens is 444 g/mol. The van der Waals surface area contributed by atoms with Crippen molar-refractivity contribution in [3.63, 3.8) is 0 Å². The van der Waals surface area contributed by atoms with Gasteiger partial charge in [-0.2, -0.15) is 0 Å². The molecule has 2 fully saturated rings. The molecule has 5 rings (SSSR count). The number of hydrogen-bond donors (Lipinski definition) is 3. The zero-order valence-electron chi connectivity index (χ0n) is 19.8. The van der Waals surface area contributed by atoms with E-state index in [1.165, 1.54) is 4.90 Å². The highest BCUT2D eigenvalue weighted by atomic mass is 16.5. The summed E-state index contributed by atoms with van der Waals surface area (Å²) in [6, 6.07) is 12.6. The molecule has 3 amide bonds. The Morgan fingerprint density at radius 1 is 1.06 bits per heavy atom. The lowest BCUT2D eigenvalue weighted by Gasteiger charge is -2.33. The first-order chi connectivity index (χ1) is 16.9. The van der Waals surface area contributed by atoms with Crippen LogP contribution in [0.25, 0.3) is 0 Å². The molecule has 35 heavy (non-hydrogen) atoms. The number of anilines is 4. The average molecular weight is 477 g/mol. The summed E-state index contributed by atoms with van der Waals surface area (Å²) in [5, 5.41) is 3.02. The van der Waals surface area contributed by atoms with Crippen molar-refractivity contribution < 1.29 is 19.1 Å². The van der Waals surface area contributed by atoms with E-state index in [0.717, 1.165) is 37.7 Å². The summed E-state index contributed by atoms with van der Waals surface area (Å²) in [5.74, 6) is -2.08. The topological polar surface area (TPSA) is 128 Å². The van der Waals surface area contributed by atoms with Crippen LogP contribution in [0.1, 0.15) is 50.5 Å². The third kappa shape index (κ3) is 4.05. The van der Waals surface area contributed by atoms with Gasteiger partial charge >= 0.3 is 0 Å². The van der Waals surface area contributed by atoms with Crippen LogP contribution in [0.2, 0.25) is 0 Å². The predicted octanol–water partition coefficient (Wildman–Crippen LogP) is 3.62. The van der Waals surface area contributed by atoms with Gasteiger partial charge in [-0.1, -0.05) is 37.5 Å². The number of carbonyl (C=O) groups excluding carboxylic acids is 3. The van der Waals surface area contributed by atoms with Gasteiger partial charge in [0.05, 0.1) is 22.5 Å². The molecule has 8 nitrogen and oxygen atoms in total. The van der Waals surface area contributed by atoms with Crippen molar-refractivity contribution in [3.05, 3.63) is 48.0 Å². The molecule has 1 saturated carbocycles. The Bertz CT molecular complexity index is 1150. The second kappa shape index (κ2) is 9.34. The molecule has 0 aromatic heterocycles. The first-order valence-corrected chi connectivity index (χ1v) is 12.4. The standard InChI is InChI=1S/C27H32N4O4/c28-20-8-4-5-9-22(20)31(25(33)23(24(29)32)17-6-2-1-3-7-17)18-10-11-19-21(16-18)30-26(34)27(19)12-14-35-15-13-27/h4-5,8-11,16-17,23H,1-3,6-7,12-15,28H2,(H2,29,32)(H,30,34). The van der Waals surface area contributed by atoms with Crippen LogP contribution < -0.4 is 21.7 Å². The largest absolute Gasteiger partial charge is 0.397 e. The van der Waals surface area contributed by atoms with Crippen molar-refractivity contribution in [3.8, 4) is 0 Å². The number of benzene rings is 2. The first kappa shape index (κ1) is 23.4. The molecule has 0 radical (unpaired) electrons. The van der Waals surface area contributed by atoms with Crippen LogP contribution in [-0.4, -0.2) is 30.9 Å². The summed E-state index contributed by atoms with van der Waals surface area (Å²) < 4.78 is 5.50. The number of nitrogens with two attached hydrogens (primary N) is 2. The first-order valence-electron chi connectivity index (χ1n) is 12.4. The van der Waals surface area contributed by atoms with Crippen molar-refractivity contribution >= 4 is 40.5 Å². The van der Waals surface area contributed by atoms with Crippen LogP contribution in [-0.2, 0) is 24.5 Å². The van der Waals surface area contributed by atoms with Crippen LogP contribution in [0.4, 0.5) is 22.7 Å². The number of rotatable bonds is 5. The van der Waals surface area contributed by atoms with E-state index in [2.05, 4.69) is 5.32 Å². The lowest BCUT2D eigenvalue weighted by atomic mass is 9.75. The molecule has 1 atom stereocenters. The molecule has 2 aromatic rings. The van der Waals surface area contributed by atoms with Crippen molar-refractivity contribution in [2.45, 2.75) is 50.4 Å². The van der Waals surface area contributed by atoms with Gasteiger partial charge < -0.3 is 21.5 Å². The molecular formula is C27H32N4O4. The average Bonchev–Trinajstić information content (AvgIpc) is 3.11. The Labute approximate surface area is 205 Å². The highest BCUT2D eigenvalue weighted by Gasteiger charge is 2.48. The number of amides is 3. The van der Waals surface area contributed by atoms with Gasteiger partial charge in [0.15, 0.2) is 0 Å². The molecule has 1 unspecified atom stereocenters. The minimum atomic E-state index is -0.945. The van der Waals surface area contributed by atoms with Crippen molar-refractivity contribution in [2.24, 2.45) is 17.6 Å². The molecule has 1 aliphatic carbocycles. The molecule has 2 aliphatic heterocycles. The number of nitrogens with zero attached hydrogens (tertiary/aromatic N) is 1. The van der Waals surface area contributed by atoms with Crippen molar-refractivity contribution in [2.75, 3.05) is 29.2 Å². The maximum Gasteiger partial charge on any atom is 0.244 e. The minimum Gasteiger partial charge on any atom is -0.397 e. The molecule has 5 N–H and O–H groups in total. The van der Waals surface area contributed by atoms with Gasteiger partial charge in [0, 0.05) is 18.9 Å². The molecule has 0 bridgehead atoms. The minimum absolute atomic E-state index is 0.0396. The molecule has 2 aromatic carbocycles. The SMILES string of the molecule is NC(=O)C(C(=O)N(c1ccc2c(c1)NC(=O)C21CCOCC1)c1ccccc1N)C1CCCCC1. The summed E-state index contributed by atoms with van der Waals surface area (Å²) in [4.78, 5) is 41.2. The fraction of sp³-hybridized carbons (Fsp3) is 0.444. The van der Waals surface area contributed by atoms with E-state index in [1.54, 1.807) is 30.3 Å². The smallest absolute Gasteiger partial charge is 0.244 e. The Balaban J connectivity index is 1.58. The maximum atomic E-state index is 14.1. The van der Waals surface area contributed by atoms with E-state index >= 15 is 0 Å². The highest BCUT2D eigenvalue weighted by molar-refractivity contribution is 6.13. The Morgan fingerprint density at radius 3 is 2.46 bits per heavy atom. The van der Waals surface area contributed by atoms with Gasteiger partial charge in [0.25, 0.3) is 0 Å². The summed E-state index contributed by atoms with van der Waals surface area (Å²) >= 11 is 0. The molecule has 184 valence electrons. The molecule has 2 heterocycles. The Hall–Kier alpha value is -3.39. The summed E-state index contributed by atoms with van der Waals surface area (Å²) in [6.45, 7) is 1.06. The number of fused-ring (bicyclic) bond motifs is 2. The second-order valence-electron chi connectivity index (χ2n) is 9.89. The lowest BCUT2D eigenvalue weighted by Crippen LogP contribution is -2.44. The maximum absolute atomic E-state index is 14.1. The number of ether oxygens (including phenoxy) is 1. The molecule has 1 saturated heterocycles. The van der Waals surface area contributed by atoms with Crippen LogP contribution >= 0.6 is 0 Å². The Kier molecular flexibility index (Phi) is 6.23. The quantitative estimate of drug-likeness (QED) is 0.449. The van der Waals surface area contributed by atoms with Gasteiger partial charge in [-0.3, -0.25) is 19.3 Å². The van der Waals surface area contributed by atoms with Crippen molar-refractivity contribution in [1.82, 2.24) is 0 Å². The lowest BCUT2D eigenvalue weighted by molar-refractivity contribution is -0.134. The van der Waals surface area contributed by atoms with Crippen LogP contribution in [0.3, 0.4) is 0 Å². The highest BCUT2D eigenvalue weighted by Crippen LogP contribution is 2.47. The Morgan fingerprint density at radius 2 is 1.77 bits per heavy atom. The summed E-state index contributed by atoms with van der Waals surface area (Å²) in [6.07, 6.45) is 5.88. The zero-order valence-corrected chi connectivity index (χ0v) is 19.8. The van der Waals surface area contributed by atoms with E-state index in [4.69, 9.17) is 16.2 Å². The van der Waals surface area contributed by atoms with Gasteiger partial charge in [-0.05, 0) is 61.4 Å². The third-order valence-corrected chi connectivity index (χ3v) is 7.90. The summed E-state index contributed by atoms with van der Waals surface area (Å²) in [5.41, 5.74) is 14.6. The third-order valence-electron chi connectivity index (χ3n) is 7.90. The summed E-state index contributed by atoms with van der Waals surface area (Å²) in [7, 11) is 0. The second-order valence-corrected chi connectivity index (χ2v) is 9.89. The van der Waals surface area contributed by atoms with Crippen LogP contribution in [0, 0.1) is 11.8 Å².